The smallest absolute Gasteiger partial charge is 0.271 e. The third kappa shape index (κ3) is 2.97. The number of nitrogens with one attached hydrogen (secondary N) is 1. The van der Waals surface area contributed by atoms with E-state index < -0.39 is 0 Å². The van der Waals surface area contributed by atoms with Gasteiger partial charge in [0.15, 0.2) is 0 Å². The molecule has 2 aromatic rings. The van der Waals surface area contributed by atoms with Crippen LogP contribution in [0.5, 0.6) is 0 Å². The molecule has 1 aliphatic heterocycles. The van der Waals surface area contributed by atoms with Gasteiger partial charge in [0, 0.05) is 25.8 Å². The summed E-state index contributed by atoms with van der Waals surface area (Å²) < 4.78 is 1.92. The number of amides is 2. The number of benzene rings is 1. The Bertz CT molecular complexity index is 649. The lowest BCUT2D eigenvalue weighted by molar-refractivity contribution is -0.123. The summed E-state index contributed by atoms with van der Waals surface area (Å²) in [5.41, 5.74) is 1.76. The van der Waals surface area contributed by atoms with Gasteiger partial charge in [-0.25, -0.2) is 0 Å². The van der Waals surface area contributed by atoms with Crippen molar-refractivity contribution < 1.29 is 9.59 Å². The first-order valence-corrected chi connectivity index (χ1v) is 6.99. The normalized spacial score (nSPS) is 14.9. The molecule has 0 bridgehead atoms. The van der Waals surface area contributed by atoms with Crippen LogP contribution in [0.1, 0.15) is 16.1 Å². The zero-order chi connectivity index (χ0) is 14.7. The van der Waals surface area contributed by atoms with Crippen molar-refractivity contribution in [3.8, 4) is 0 Å². The maximum Gasteiger partial charge on any atom is 0.271 e. The van der Waals surface area contributed by atoms with Crippen molar-refractivity contribution in [1.82, 2.24) is 14.8 Å². The lowest BCUT2D eigenvalue weighted by Gasteiger charge is -2.27. The summed E-state index contributed by atoms with van der Waals surface area (Å²) in [6, 6.07) is 13.7. The third-order valence-corrected chi connectivity index (χ3v) is 3.57. The minimum atomic E-state index is -0.101. The minimum Gasteiger partial charge on any atom is -0.353 e. The van der Waals surface area contributed by atoms with Crippen molar-refractivity contribution in [1.29, 1.82) is 0 Å². The van der Waals surface area contributed by atoms with Crippen molar-refractivity contribution >= 4 is 11.8 Å². The molecule has 0 radical (unpaired) electrons. The van der Waals surface area contributed by atoms with E-state index in [1.165, 1.54) is 0 Å². The predicted molar refractivity (Wildman–Crippen MR) is 78.9 cm³/mol. The average Bonchev–Trinajstić information content (AvgIpc) is 2.95. The summed E-state index contributed by atoms with van der Waals surface area (Å²) in [7, 11) is 0. The van der Waals surface area contributed by atoms with Crippen LogP contribution in [0.3, 0.4) is 0 Å². The Morgan fingerprint density at radius 3 is 2.71 bits per heavy atom. The Morgan fingerprint density at radius 1 is 1.14 bits per heavy atom. The Kier molecular flexibility index (Phi) is 3.73. The molecule has 21 heavy (non-hydrogen) atoms. The first kappa shape index (κ1) is 13.4. The summed E-state index contributed by atoms with van der Waals surface area (Å²) in [5.74, 6) is -0.193. The van der Waals surface area contributed by atoms with Gasteiger partial charge in [-0.15, -0.1) is 0 Å². The highest BCUT2D eigenvalue weighted by Crippen LogP contribution is 2.11. The van der Waals surface area contributed by atoms with Gasteiger partial charge in [-0.05, 0) is 17.7 Å². The van der Waals surface area contributed by atoms with Gasteiger partial charge in [0.05, 0.1) is 6.54 Å². The largest absolute Gasteiger partial charge is 0.353 e. The van der Waals surface area contributed by atoms with E-state index in [0.29, 0.717) is 25.3 Å². The van der Waals surface area contributed by atoms with E-state index in [9.17, 15) is 9.59 Å². The van der Waals surface area contributed by atoms with Crippen LogP contribution in [0.15, 0.2) is 48.7 Å². The van der Waals surface area contributed by atoms with Crippen LogP contribution in [-0.4, -0.2) is 40.9 Å². The van der Waals surface area contributed by atoms with Crippen LogP contribution in [-0.2, 0) is 11.3 Å². The first-order chi connectivity index (χ1) is 10.2. The van der Waals surface area contributed by atoms with Crippen LogP contribution in [0.2, 0.25) is 0 Å². The summed E-state index contributed by atoms with van der Waals surface area (Å²) in [4.78, 5) is 25.5. The molecule has 1 fully saturated rings. The number of nitrogens with zero attached hydrogens (tertiary/aromatic N) is 2. The zero-order valence-electron chi connectivity index (χ0n) is 11.7. The van der Waals surface area contributed by atoms with Crippen molar-refractivity contribution in [3.05, 3.63) is 59.9 Å². The first-order valence-electron chi connectivity index (χ1n) is 6.99. The molecule has 1 N–H and O–H groups in total. The lowest BCUT2D eigenvalue weighted by Crippen LogP contribution is -2.50. The summed E-state index contributed by atoms with van der Waals surface area (Å²) in [5, 5.41) is 2.73. The highest BCUT2D eigenvalue weighted by molar-refractivity contribution is 5.95. The van der Waals surface area contributed by atoms with Crippen molar-refractivity contribution in [2.45, 2.75) is 6.54 Å². The number of piperazine rings is 1. The molecule has 3 rings (SSSR count). The highest BCUT2D eigenvalue weighted by atomic mass is 16.2. The Morgan fingerprint density at radius 2 is 1.95 bits per heavy atom. The van der Waals surface area contributed by atoms with Crippen molar-refractivity contribution in [2.75, 3.05) is 19.6 Å². The molecule has 1 aromatic heterocycles. The maximum absolute atomic E-state index is 12.5. The predicted octanol–water partition coefficient (Wildman–Crippen LogP) is 1.11. The van der Waals surface area contributed by atoms with Gasteiger partial charge in [-0.2, -0.15) is 0 Å². The van der Waals surface area contributed by atoms with Gasteiger partial charge in [-0.1, -0.05) is 30.3 Å². The van der Waals surface area contributed by atoms with Gasteiger partial charge in [0.25, 0.3) is 5.91 Å². The molecule has 0 atom stereocenters. The molecular formula is C16H17N3O2. The molecule has 5 nitrogen and oxygen atoms in total. The standard InChI is InChI=1S/C16H17N3O2/c20-15-12-19(10-8-17-15)16(21)14-7-4-9-18(14)11-13-5-2-1-3-6-13/h1-7,9H,8,10-12H2,(H,17,20). The monoisotopic (exact) mass is 283 g/mol. The Labute approximate surface area is 123 Å². The Hall–Kier alpha value is -2.56. The molecule has 1 saturated heterocycles. The van der Waals surface area contributed by atoms with E-state index in [2.05, 4.69) is 5.32 Å². The fourth-order valence-electron chi connectivity index (χ4n) is 2.50. The van der Waals surface area contributed by atoms with E-state index in [-0.39, 0.29) is 18.4 Å². The number of rotatable bonds is 3. The quantitative estimate of drug-likeness (QED) is 0.917. The maximum atomic E-state index is 12.5. The molecule has 0 saturated carbocycles. The fraction of sp³-hybridized carbons (Fsp3) is 0.250. The molecule has 2 amide bonds. The molecule has 1 aromatic carbocycles. The second kappa shape index (κ2) is 5.83. The summed E-state index contributed by atoms with van der Waals surface area (Å²) >= 11 is 0. The van der Waals surface area contributed by atoms with Gasteiger partial charge in [0.2, 0.25) is 5.91 Å². The number of carbonyl (C=O) groups excluding carboxylic acids is 2. The Balaban J connectivity index is 1.78. The molecule has 108 valence electrons. The van der Waals surface area contributed by atoms with E-state index in [1.807, 2.05) is 47.2 Å². The molecule has 0 unspecified atom stereocenters. The lowest BCUT2D eigenvalue weighted by atomic mass is 10.2. The van der Waals surface area contributed by atoms with Gasteiger partial charge < -0.3 is 14.8 Å². The second-order valence-corrected chi connectivity index (χ2v) is 5.08. The molecule has 0 spiro atoms. The molecular weight excluding hydrogens is 266 g/mol. The fourth-order valence-corrected chi connectivity index (χ4v) is 2.50. The van der Waals surface area contributed by atoms with Crippen LogP contribution in [0, 0.1) is 0 Å². The zero-order valence-corrected chi connectivity index (χ0v) is 11.7. The molecule has 1 aliphatic rings. The van der Waals surface area contributed by atoms with E-state index in [0.717, 1.165) is 5.56 Å². The van der Waals surface area contributed by atoms with Crippen LogP contribution < -0.4 is 5.32 Å². The highest BCUT2D eigenvalue weighted by Gasteiger charge is 2.24. The SMILES string of the molecule is O=C1CN(C(=O)c2cccn2Cc2ccccc2)CCN1. The van der Waals surface area contributed by atoms with Crippen molar-refractivity contribution in [2.24, 2.45) is 0 Å². The second-order valence-electron chi connectivity index (χ2n) is 5.08. The number of hydrogen-bond acceptors (Lipinski definition) is 2. The van der Waals surface area contributed by atoms with Crippen molar-refractivity contribution in [3.63, 3.8) is 0 Å². The van der Waals surface area contributed by atoms with Crippen LogP contribution in [0.25, 0.3) is 0 Å². The topological polar surface area (TPSA) is 54.3 Å². The molecule has 0 aliphatic carbocycles. The number of aromatic nitrogens is 1. The summed E-state index contributed by atoms with van der Waals surface area (Å²) in [6.45, 7) is 1.86. The van der Waals surface area contributed by atoms with E-state index in [1.54, 1.807) is 11.0 Å². The van der Waals surface area contributed by atoms with Gasteiger partial charge in [0.1, 0.15) is 5.69 Å². The van der Waals surface area contributed by atoms with Gasteiger partial charge in [-0.3, -0.25) is 9.59 Å². The van der Waals surface area contributed by atoms with Gasteiger partial charge >= 0.3 is 0 Å². The number of hydrogen-bond donors (Lipinski definition) is 1. The van der Waals surface area contributed by atoms with E-state index in [4.69, 9.17) is 0 Å². The molecule has 5 heteroatoms. The minimum absolute atomic E-state index is 0.0919. The van der Waals surface area contributed by atoms with Crippen LogP contribution >= 0.6 is 0 Å². The molecule has 2 heterocycles. The average molecular weight is 283 g/mol. The summed E-state index contributed by atoms with van der Waals surface area (Å²) in [6.07, 6.45) is 1.89. The van der Waals surface area contributed by atoms with E-state index >= 15 is 0 Å². The van der Waals surface area contributed by atoms with Crippen LogP contribution in [0.4, 0.5) is 0 Å². The third-order valence-electron chi connectivity index (χ3n) is 3.57. The number of carbonyl (C=O) groups is 2.